The third kappa shape index (κ3) is 4.24. The molecule has 0 radical (unpaired) electrons. The van der Waals surface area contributed by atoms with Gasteiger partial charge < -0.3 is 15.0 Å². The largest absolute Gasteiger partial charge is 0.381 e. The molecule has 1 saturated carbocycles. The van der Waals surface area contributed by atoms with E-state index in [1.165, 1.54) is 64.5 Å². The van der Waals surface area contributed by atoms with Gasteiger partial charge in [-0.1, -0.05) is 19.8 Å². The summed E-state index contributed by atoms with van der Waals surface area (Å²) in [5, 5.41) is 3.94. The molecule has 0 aromatic carbocycles. The van der Waals surface area contributed by atoms with Crippen LogP contribution in [0.5, 0.6) is 0 Å². The van der Waals surface area contributed by atoms with Crippen molar-refractivity contribution in [2.24, 2.45) is 11.8 Å². The lowest BCUT2D eigenvalue weighted by Gasteiger charge is -2.43. The Labute approximate surface area is 137 Å². The number of hydrogen-bond donors (Lipinski definition) is 1. The first-order valence-corrected chi connectivity index (χ1v) is 9.82. The number of rotatable bonds is 4. The zero-order valence-corrected chi connectivity index (χ0v) is 14.7. The van der Waals surface area contributed by atoms with Crippen molar-refractivity contribution in [3.05, 3.63) is 0 Å². The van der Waals surface area contributed by atoms with Crippen molar-refractivity contribution < 1.29 is 4.74 Å². The predicted octanol–water partition coefficient (Wildman–Crippen LogP) is 3.43. The lowest BCUT2D eigenvalue weighted by Crippen LogP contribution is -2.51. The highest BCUT2D eigenvalue weighted by Crippen LogP contribution is 2.30. The molecule has 22 heavy (non-hydrogen) atoms. The van der Waals surface area contributed by atoms with Gasteiger partial charge in [0.1, 0.15) is 0 Å². The highest BCUT2D eigenvalue weighted by atomic mass is 16.5. The number of likely N-dealkylation sites (tertiary alicyclic amines) is 1. The first kappa shape index (κ1) is 16.7. The van der Waals surface area contributed by atoms with Crippen molar-refractivity contribution in [2.45, 2.75) is 83.3 Å². The minimum atomic E-state index is 0.661. The van der Waals surface area contributed by atoms with Gasteiger partial charge in [-0.15, -0.1) is 0 Å². The number of nitrogens with one attached hydrogen (secondary N) is 1. The summed E-state index contributed by atoms with van der Waals surface area (Å²) in [7, 11) is 0. The van der Waals surface area contributed by atoms with Crippen molar-refractivity contribution in [1.29, 1.82) is 0 Å². The SMILES string of the molecule is C[C@@H]1CCCC[C@H]1N1CCC(N[C@H](C)C2CCOCC2)CC1. The Bertz CT molecular complexity index is 321. The van der Waals surface area contributed by atoms with E-state index in [9.17, 15) is 0 Å². The highest BCUT2D eigenvalue weighted by molar-refractivity contribution is 4.88. The molecule has 3 heteroatoms. The first-order chi connectivity index (χ1) is 10.7. The van der Waals surface area contributed by atoms with E-state index >= 15 is 0 Å². The molecule has 2 aliphatic heterocycles. The number of hydrogen-bond acceptors (Lipinski definition) is 3. The van der Waals surface area contributed by atoms with Crippen LogP contribution in [0.4, 0.5) is 0 Å². The molecule has 3 atom stereocenters. The normalized spacial score (nSPS) is 34.6. The van der Waals surface area contributed by atoms with Crippen LogP contribution < -0.4 is 5.32 Å². The average molecular weight is 309 g/mol. The fraction of sp³-hybridized carbons (Fsp3) is 1.00. The zero-order chi connectivity index (χ0) is 15.4. The van der Waals surface area contributed by atoms with Crippen molar-refractivity contribution in [1.82, 2.24) is 10.2 Å². The number of ether oxygens (including phenoxy) is 1. The summed E-state index contributed by atoms with van der Waals surface area (Å²) < 4.78 is 5.50. The van der Waals surface area contributed by atoms with E-state index < -0.39 is 0 Å². The second-order valence-corrected chi connectivity index (χ2v) is 8.04. The maximum absolute atomic E-state index is 5.50. The van der Waals surface area contributed by atoms with Crippen LogP contribution in [0.15, 0.2) is 0 Å². The lowest BCUT2D eigenvalue weighted by molar-refractivity contribution is 0.0483. The van der Waals surface area contributed by atoms with Crippen LogP contribution in [0.25, 0.3) is 0 Å². The van der Waals surface area contributed by atoms with Crippen LogP contribution in [0.1, 0.15) is 65.2 Å². The molecule has 2 heterocycles. The summed E-state index contributed by atoms with van der Waals surface area (Å²) in [6, 6.07) is 2.28. The Hall–Kier alpha value is -0.120. The number of piperidine rings is 1. The van der Waals surface area contributed by atoms with Gasteiger partial charge >= 0.3 is 0 Å². The summed E-state index contributed by atoms with van der Waals surface area (Å²) >= 11 is 0. The molecule has 0 aromatic rings. The molecule has 128 valence electrons. The zero-order valence-electron chi connectivity index (χ0n) is 14.7. The second kappa shape index (κ2) is 8.12. The second-order valence-electron chi connectivity index (χ2n) is 8.04. The monoisotopic (exact) mass is 308 g/mol. The Kier molecular flexibility index (Phi) is 6.17. The summed E-state index contributed by atoms with van der Waals surface area (Å²) in [6.45, 7) is 9.43. The molecule has 0 spiro atoms. The van der Waals surface area contributed by atoms with Crippen LogP contribution in [-0.2, 0) is 4.74 Å². The van der Waals surface area contributed by atoms with Gasteiger partial charge in [0.2, 0.25) is 0 Å². The summed E-state index contributed by atoms with van der Waals surface area (Å²) in [4.78, 5) is 2.81. The van der Waals surface area contributed by atoms with Crippen molar-refractivity contribution >= 4 is 0 Å². The molecule has 3 fully saturated rings. The van der Waals surface area contributed by atoms with Gasteiger partial charge in [0.25, 0.3) is 0 Å². The van der Waals surface area contributed by atoms with E-state index in [-0.39, 0.29) is 0 Å². The Morgan fingerprint density at radius 1 is 0.955 bits per heavy atom. The Morgan fingerprint density at radius 2 is 1.64 bits per heavy atom. The van der Waals surface area contributed by atoms with E-state index in [0.717, 1.165) is 37.1 Å². The number of nitrogens with zero attached hydrogens (tertiary/aromatic N) is 1. The first-order valence-electron chi connectivity index (χ1n) is 9.82. The van der Waals surface area contributed by atoms with Crippen LogP contribution in [0.2, 0.25) is 0 Å². The molecule has 0 bridgehead atoms. The summed E-state index contributed by atoms with van der Waals surface area (Å²) in [5.41, 5.74) is 0. The fourth-order valence-corrected chi connectivity index (χ4v) is 4.96. The smallest absolute Gasteiger partial charge is 0.0469 e. The van der Waals surface area contributed by atoms with Gasteiger partial charge in [0.15, 0.2) is 0 Å². The molecule has 2 saturated heterocycles. The Balaban J connectivity index is 1.41. The van der Waals surface area contributed by atoms with Gasteiger partial charge in [-0.2, -0.15) is 0 Å². The molecular weight excluding hydrogens is 272 g/mol. The molecule has 3 rings (SSSR count). The molecule has 0 unspecified atom stereocenters. The molecule has 1 aliphatic carbocycles. The van der Waals surface area contributed by atoms with E-state index in [4.69, 9.17) is 4.74 Å². The molecule has 3 nitrogen and oxygen atoms in total. The molecule has 0 amide bonds. The van der Waals surface area contributed by atoms with Crippen LogP contribution in [0, 0.1) is 11.8 Å². The maximum Gasteiger partial charge on any atom is 0.0469 e. The van der Waals surface area contributed by atoms with Crippen LogP contribution >= 0.6 is 0 Å². The maximum atomic E-state index is 5.50. The van der Waals surface area contributed by atoms with E-state index in [1.807, 2.05) is 0 Å². The molecular formula is C19H36N2O. The van der Waals surface area contributed by atoms with Gasteiger partial charge in [-0.3, -0.25) is 0 Å². The van der Waals surface area contributed by atoms with Crippen molar-refractivity contribution in [3.8, 4) is 0 Å². The third-order valence-corrected chi connectivity index (χ3v) is 6.54. The van der Waals surface area contributed by atoms with Crippen LogP contribution in [0.3, 0.4) is 0 Å². The summed E-state index contributed by atoms with van der Waals surface area (Å²) in [5.74, 6) is 1.74. The highest BCUT2D eigenvalue weighted by Gasteiger charge is 2.31. The predicted molar refractivity (Wildman–Crippen MR) is 92.2 cm³/mol. The summed E-state index contributed by atoms with van der Waals surface area (Å²) in [6.07, 6.45) is 11.0. The topological polar surface area (TPSA) is 24.5 Å². The molecule has 0 aromatic heterocycles. The fourth-order valence-electron chi connectivity index (χ4n) is 4.96. The van der Waals surface area contributed by atoms with Crippen LogP contribution in [-0.4, -0.2) is 49.3 Å². The Morgan fingerprint density at radius 3 is 2.32 bits per heavy atom. The quantitative estimate of drug-likeness (QED) is 0.861. The van der Waals surface area contributed by atoms with Gasteiger partial charge in [0.05, 0.1) is 0 Å². The van der Waals surface area contributed by atoms with E-state index in [2.05, 4.69) is 24.1 Å². The minimum absolute atomic E-state index is 0.661. The van der Waals surface area contributed by atoms with E-state index in [0.29, 0.717) is 6.04 Å². The molecule has 3 aliphatic rings. The van der Waals surface area contributed by atoms with Crippen molar-refractivity contribution in [3.63, 3.8) is 0 Å². The molecule has 1 N–H and O–H groups in total. The third-order valence-electron chi connectivity index (χ3n) is 6.54. The average Bonchev–Trinajstić information content (AvgIpc) is 2.57. The van der Waals surface area contributed by atoms with Gasteiger partial charge in [-0.05, 0) is 70.4 Å². The standard InChI is InChI=1S/C19H36N2O/c1-15-5-3-4-6-19(15)21-11-7-18(8-12-21)20-16(2)17-9-13-22-14-10-17/h15-20H,3-14H2,1-2H3/t15-,16-,19-/m1/s1. The van der Waals surface area contributed by atoms with Gasteiger partial charge in [0, 0.05) is 31.3 Å². The lowest BCUT2D eigenvalue weighted by atomic mass is 9.83. The van der Waals surface area contributed by atoms with E-state index in [1.54, 1.807) is 0 Å². The van der Waals surface area contributed by atoms with Gasteiger partial charge in [-0.25, -0.2) is 0 Å². The minimum Gasteiger partial charge on any atom is -0.381 e. The van der Waals surface area contributed by atoms with Crippen molar-refractivity contribution in [2.75, 3.05) is 26.3 Å².